The number of allylic oxidation sites excluding steroid dienone is 2. The van der Waals surface area contributed by atoms with Crippen LogP contribution in [0.25, 0.3) is 21.5 Å². The van der Waals surface area contributed by atoms with E-state index >= 15 is 0 Å². The van der Waals surface area contributed by atoms with E-state index in [2.05, 4.69) is 6.07 Å². The van der Waals surface area contributed by atoms with E-state index in [1.807, 2.05) is 30.3 Å². The Labute approximate surface area is 127 Å². The fourth-order valence-corrected chi connectivity index (χ4v) is 4.00. The molecule has 0 aliphatic heterocycles. The van der Waals surface area contributed by atoms with Gasteiger partial charge in [0.05, 0.1) is 0 Å². The summed E-state index contributed by atoms with van der Waals surface area (Å²) in [6, 6.07) is 12.0. The van der Waals surface area contributed by atoms with Crippen LogP contribution in [0.5, 0.6) is 0 Å². The van der Waals surface area contributed by atoms with E-state index < -0.39 is 0 Å². The first-order chi connectivity index (χ1) is 10.8. The average molecular weight is 284 g/mol. The number of carbonyl (C=O) groups excluding carboxylic acids is 2. The maximum atomic E-state index is 12.7. The van der Waals surface area contributed by atoms with Crippen molar-refractivity contribution in [1.82, 2.24) is 0 Å². The monoisotopic (exact) mass is 284 g/mol. The molecule has 0 amide bonds. The first-order valence-corrected chi connectivity index (χ1v) is 7.51. The Morgan fingerprint density at radius 2 is 1.50 bits per heavy atom. The van der Waals surface area contributed by atoms with E-state index in [4.69, 9.17) is 0 Å². The lowest BCUT2D eigenvalue weighted by Gasteiger charge is -2.14. The number of fused-ring (bicyclic) bond motifs is 3. The van der Waals surface area contributed by atoms with Gasteiger partial charge in [-0.05, 0) is 52.3 Å². The Morgan fingerprint density at radius 1 is 0.727 bits per heavy atom. The second-order valence-electron chi connectivity index (χ2n) is 5.98. The van der Waals surface area contributed by atoms with Crippen LogP contribution in [0.4, 0.5) is 0 Å². The van der Waals surface area contributed by atoms with E-state index in [1.54, 1.807) is 0 Å². The lowest BCUT2D eigenvalue weighted by Crippen LogP contribution is -2.01. The fourth-order valence-electron chi connectivity index (χ4n) is 4.00. The standard InChI is InChI=1S/C20H12O2/c21-16-9-10-17(22)19-13-4-2-1-3-12(13)14-7-5-11-6-8-15(16)20(19)18(11)14/h1-4,6,8-10H,5,7H2. The van der Waals surface area contributed by atoms with Crippen LogP contribution in [-0.4, -0.2) is 11.6 Å². The first-order valence-electron chi connectivity index (χ1n) is 7.51. The molecule has 5 rings (SSSR count). The van der Waals surface area contributed by atoms with Crippen LogP contribution in [0.3, 0.4) is 0 Å². The molecule has 0 N–H and O–H groups in total. The number of hydrogen-bond acceptors (Lipinski definition) is 2. The molecule has 0 fully saturated rings. The SMILES string of the molecule is O=C1C=CC(=O)c2c3ccccc3c3c4c(ccc1c24)CC3. The second-order valence-corrected chi connectivity index (χ2v) is 5.98. The van der Waals surface area contributed by atoms with Crippen LogP contribution in [0.1, 0.15) is 31.8 Å². The third-order valence-corrected chi connectivity index (χ3v) is 4.91. The molecular weight excluding hydrogens is 272 g/mol. The smallest absolute Gasteiger partial charge is 0.187 e. The van der Waals surface area contributed by atoms with Crippen molar-refractivity contribution in [1.29, 1.82) is 0 Å². The molecule has 0 saturated carbocycles. The van der Waals surface area contributed by atoms with Crippen LogP contribution in [0.15, 0.2) is 48.6 Å². The van der Waals surface area contributed by atoms with Crippen LogP contribution >= 0.6 is 0 Å². The molecule has 22 heavy (non-hydrogen) atoms. The normalized spacial score (nSPS) is 15.8. The molecule has 3 aromatic carbocycles. The molecular formula is C20H12O2. The molecule has 0 atom stereocenters. The predicted molar refractivity (Wildman–Crippen MR) is 86.7 cm³/mol. The zero-order valence-electron chi connectivity index (χ0n) is 11.8. The molecule has 0 unspecified atom stereocenters. The number of benzene rings is 3. The fraction of sp³-hybridized carbons (Fsp3) is 0.100. The Kier molecular flexibility index (Phi) is 2.11. The molecule has 0 saturated heterocycles. The van der Waals surface area contributed by atoms with E-state index in [9.17, 15) is 9.59 Å². The quantitative estimate of drug-likeness (QED) is 0.584. The van der Waals surface area contributed by atoms with Crippen molar-refractivity contribution in [3.63, 3.8) is 0 Å². The maximum Gasteiger partial charge on any atom is 0.187 e. The molecule has 2 nitrogen and oxygen atoms in total. The van der Waals surface area contributed by atoms with Crippen molar-refractivity contribution in [2.75, 3.05) is 0 Å². The minimum atomic E-state index is -0.0771. The largest absolute Gasteiger partial charge is 0.289 e. The van der Waals surface area contributed by atoms with Crippen molar-refractivity contribution >= 4 is 33.1 Å². The van der Waals surface area contributed by atoms with Crippen molar-refractivity contribution < 1.29 is 9.59 Å². The predicted octanol–water partition coefficient (Wildman–Crippen LogP) is 4.03. The highest BCUT2D eigenvalue weighted by atomic mass is 16.1. The highest BCUT2D eigenvalue weighted by Gasteiger charge is 2.27. The zero-order valence-corrected chi connectivity index (χ0v) is 11.8. The summed E-state index contributed by atoms with van der Waals surface area (Å²) in [5.74, 6) is -0.148. The third kappa shape index (κ3) is 1.30. The van der Waals surface area contributed by atoms with E-state index in [0.717, 1.165) is 34.4 Å². The van der Waals surface area contributed by atoms with Crippen LogP contribution in [0, 0.1) is 0 Å². The van der Waals surface area contributed by atoms with Gasteiger partial charge < -0.3 is 0 Å². The highest BCUT2D eigenvalue weighted by molar-refractivity contribution is 6.31. The summed E-state index contributed by atoms with van der Waals surface area (Å²) in [4.78, 5) is 25.0. The number of hydrogen-bond donors (Lipinski definition) is 0. The summed E-state index contributed by atoms with van der Waals surface area (Å²) in [6.45, 7) is 0. The summed E-state index contributed by atoms with van der Waals surface area (Å²) in [6.07, 6.45) is 4.78. The lowest BCUT2D eigenvalue weighted by atomic mass is 9.88. The van der Waals surface area contributed by atoms with Crippen LogP contribution in [-0.2, 0) is 12.8 Å². The topological polar surface area (TPSA) is 34.1 Å². The number of aryl methyl sites for hydroxylation is 2. The number of ketones is 2. The van der Waals surface area contributed by atoms with Gasteiger partial charge in [0.25, 0.3) is 0 Å². The number of carbonyl (C=O) groups is 2. The van der Waals surface area contributed by atoms with E-state index in [-0.39, 0.29) is 11.6 Å². The molecule has 0 radical (unpaired) electrons. The summed E-state index contributed by atoms with van der Waals surface area (Å²) in [5, 5.41) is 4.12. The molecule has 2 aliphatic rings. The van der Waals surface area contributed by atoms with Crippen molar-refractivity contribution in [3.05, 3.63) is 70.8 Å². The molecule has 104 valence electrons. The molecule has 0 aromatic heterocycles. The van der Waals surface area contributed by atoms with Crippen molar-refractivity contribution in [2.24, 2.45) is 0 Å². The summed E-state index contributed by atoms with van der Waals surface area (Å²) in [7, 11) is 0. The van der Waals surface area contributed by atoms with Gasteiger partial charge in [-0.1, -0.05) is 36.4 Å². The van der Waals surface area contributed by atoms with Gasteiger partial charge >= 0.3 is 0 Å². The van der Waals surface area contributed by atoms with Gasteiger partial charge in [-0.15, -0.1) is 0 Å². The zero-order chi connectivity index (χ0) is 14.8. The van der Waals surface area contributed by atoms with E-state index in [0.29, 0.717) is 11.1 Å². The van der Waals surface area contributed by atoms with E-state index in [1.165, 1.54) is 23.3 Å². The second kappa shape index (κ2) is 3.92. The van der Waals surface area contributed by atoms with Gasteiger partial charge in [0.2, 0.25) is 0 Å². The summed E-state index contributed by atoms with van der Waals surface area (Å²) in [5.41, 5.74) is 3.89. The maximum absolute atomic E-state index is 12.7. The van der Waals surface area contributed by atoms with Gasteiger partial charge in [-0.3, -0.25) is 9.59 Å². The Hall–Kier alpha value is -2.74. The minimum absolute atomic E-state index is 0.0705. The Morgan fingerprint density at radius 3 is 2.36 bits per heavy atom. The van der Waals surface area contributed by atoms with Crippen LogP contribution in [0.2, 0.25) is 0 Å². The van der Waals surface area contributed by atoms with Gasteiger partial charge in [0, 0.05) is 16.5 Å². The summed E-state index contributed by atoms with van der Waals surface area (Å²) >= 11 is 0. The first kappa shape index (κ1) is 11.9. The molecule has 2 aliphatic carbocycles. The molecule has 3 aromatic rings. The third-order valence-electron chi connectivity index (χ3n) is 4.91. The molecule has 2 heteroatoms. The van der Waals surface area contributed by atoms with Gasteiger partial charge in [0.1, 0.15) is 0 Å². The van der Waals surface area contributed by atoms with Crippen molar-refractivity contribution in [3.8, 4) is 0 Å². The van der Waals surface area contributed by atoms with Crippen molar-refractivity contribution in [2.45, 2.75) is 12.8 Å². The Bertz CT molecular complexity index is 1050. The molecule has 0 spiro atoms. The Balaban J connectivity index is 2.18. The lowest BCUT2D eigenvalue weighted by molar-refractivity contribution is 0.102. The molecule has 0 bridgehead atoms. The van der Waals surface area contributed by atoms with Crippen LogP contribution < -0.4 is 0 Å². The highest BCUT2D eigenvalue weighted by Crippen LogP contribution is 2.42. The van der Waals surface area contributed by atoms with Gasteiger partial charge in [0.15, 0.2) is 11.6 Å². The number of rotatable bonds is 0. The minimum Gasteiger partial charge on any atom is -0.289 e. The van der Waals surface area contributed by atoms with Gasteiger partial charge in [-0.25, -0.2) is 0 Å². The van der Waals surface area contributed by atoms with Gasteiger partial charge in [-0.2, -0.15) is 0 Å². The summed E-state index contributed by atoms with van der Waals surface area (Å²) < 4.78 is 0. The average Bonchev–Trinajstić information content (AvgIpc) is 2.93. The molecule has 0 heterocycles.